The van der Waals surface area contributed by atoms with Crippen LogP contribution in [-0.2, 0) is 5.41 Å². The molecule has 0 saturated heterocycles. The van der Waals surface area contributed by atoms with Crippen molar-refractivity contribution in [2.75, 3.05) is 0 Å². The fraction of sp³-hybridized carbons (Fsp3) is 0.0167. The van der Waals surface area contributed by atoms with Crippen LogP contribution in [0.3, 0.4) is 0 Å². The minimum atomic E-state index is -0.500. The van der Waals surface area contributed by atoms with Crippen molar-refractivity contribution >= 4 is 21.7 Å². The highest BCUT2D eigenvalue weighted by Crippen LogP contribution is 2.57. The standard InChI is InChI=1S/C60H39N3/c1-5-17-42(18-6-1)56-39-57(63-59(62-56)45-19-7-2-8-20-45)43-33-29-40(30-34-43)41-31-35-44(36-32-41)58-52-38-54-51(37-50(52)49-26-14-16-28-55(49)61-58)48-25-13-15-27-53(48)60(54,46-21-9-3-10-22-46)47-23-11-4-12-24-47/h1-39H. The summed E-state index contributed by atoms with van der Waals surface area (Å²) in [6.07, 6.45) is 0. The van der Waals surface area contributed by atoms with Crippen LogP contribution in [0.5, 0.6) is 0 Å². The van der Waals surface area contributed by atoms with Crippen molar-refractivity contribution in [3.63, 3.8) is 0 Å². The van der Waals surface area contributed by atoms with Crippen LogP contribution in [0.4, 0.5) is 0 Å². The van der Waals surface area contributed by atoms with Crippen LogP contribution in [0.25, 0.3) is 89.1 Å². The van der Waals surface area contributed by atoms with Gasteiger partial charge in [0.05, 0.1) is 28.0 Å². The molecule has 2 heterocycles. The molecule has 2 aromatic heterocycles. The molecule has 3 heteroatoms. The van der Waals surface area contributed by atoms with E-state index in [1.165, 1.54) is 38.8 Å². The highest BCUT2D eigenvalue weighted by atomic mass is 14.9. The number of hydrogen-bond acceptors (Lipinski definition) is 3. The quantitative estimate of drug-likeness (QED) is 0.151. The minimum absolute atomic E-state index is 0.500. The van der Waals surface area contributed by atoms with Gasteiger partial charge in [0.1, 0.15) is 0 Å². The van der Waals surface area contributed by atoms with E-state index in [1.54, 1.807) is 0 Å². The van der Waals surface area contributed by atoms with Gasteiger partial charge in [0.25, 0.3) is 0 Å². The number of nitrogens with zero attached hydrogens (tertiary/aromatic N) is 3. The normalized spacial score (nSPS) is 12.6. The SMILES string of the molecule is c1ccc(-c2cc(-c3ccc(-c4ccc(-c5nc6ccccc6c6cc7c(cc56)C(c5ccccc5)(c5ccccc5)c5ccccc5-7)cc4)cc3)nc(-c3ccccc3)n2)cc1. The van der Waals surface area contributed by atoms with Gasteiger partial charge in [-0.05, 0) is 74.2 Å². The summed E-state index contributed by atoms with van der Waals surface area (Å²) in [5.74, 6) is 0.710. The highest BCUT2D eigenvalue weighted by molar-refractivity contribution is 6.13. The molecule has 0 unspecified atom stereocenters. The highest BCUT2D eigenvalue weighted by Gasteiger charge is 2.46. The first-order chi connectivity index (χ1) is 31.2. The Labute approximate surface area is 366 Å². The third-order valence-corrected chi connectivity index (χ3v) is 12.8. The first-order valence-electron chi connectivity index (χ1n) is 21.5. The molecular weight excluding hydrogens is 763 g/mol. The van der Waals surface area contributed by atoms with Crippen molar-refractivity contribution in [1.29, 1.82) is 0 Å². The summed E-state index contributed by atoms with van der Waals surface area (Å²) in [7, 11) is 0. The molecule has 63 heavy (non-hydrogen) atoms. The smallest absolute Gasteiger partial charge is 0.160 e. The summed E-state index contributed by atoms with van der Waals surface area (Å²) >= 11 is 0. The van der Waals surface area contributed by atoms with Crippen molar-refractivity contribution in [3.05, 3.63) is 259 Å². The van der Waals surface area contributed by atoms with Crippen LogP contribution in [0.2, 0.25) is 0 Å². The van der Waals surface area contributed by atoms with Crippen molar-refractivity contribution in [3.8, 4) is 67.4 Å². The Morgan fingerprint density at radius 3 is 1.41 bits per heavy atom. The lowest BCUT2D eigenvalue weighted by molar-refractivity contribution is 0.769. The molecule has 3 nitrogen and oxygen atoms in total. The second-order valence-corrected chi connectivity index (χ2v) is 16.3. The number of fused-ring (bicyclic) bond motifs is 6. The zero-order valence-corrected chi connectivity index (χ0v) is 34.4. The second-order valence-electron chi connectivity index (χ2n) is 16.3. The van der Waals surface area contributed by atoms with E-state index >= 15 is 0 Å². The average Bonchev–Trinajstić information content (AvgIpc) is 3.66. The van der Waals surface area contributed by atoms with Crippen molar-refractivity contribution < 1.29 is 0 Å². The van der Waals surface area contributed by atoms with Gasteiger partial charge in [-0.25, -0.2) is 15.0 Å². The zero-order valence-electron chi connectivity index (χ0n) is 34.4. The van der Waals surface area contributed by atoms with Gasteiger partial charge in [-0.3, -0.25) is 0 Å². The summed E-state index contributed by atoms with van der Waals surface area (Å²) in [5.41, 5.74) is 17.3. The molecule has 0 N–H and O–H groups in total. The van der Waals surface area contributed by atoms with E-state index in [-0.39, 0.29) is 0 Å². The summed E-state index contributed by atoms with van der Waals surface area (Å²) < 4.78 is 0. The summed E-state index contributed by atoms with van der Waals surface area (Å²) in [6, 6.07) is 84.6. The summed E-state index contributed by atoms with van der Waals surface area (Å²) in [4.78, 5) is 15.5. The van der Waals surface area contributed by atoms with Gasteiger partial charge in [-0.1, -0.05) is 212 Å². The fourth-order valence-corrected chi connectivity index (χ4v) is 9.83. The lowest BCUT2D eigenvalue weighted by atomic mass is 9.67. The maximum Gasteiger partial charge on any atom is 0.160 e. The first kappa shape index (κ1) is 36.6. The van der Waals surface area contributed by atoms with E-state index in [0.29, 0.717) is 5.82 Å². The molecule has 0 aliphatic heterocycles. The number of hydrogen-bond donors (Lipinski definition) is 0. The molecule has 1 aliphatic rings. The summed E-state index contributed by atoms with van der Waals surface area (Å²) in [6.45, 7) is 0. The number of pyridine rings is 1. The second kappa shape index (κ2) is 15.0. The molecule has 0 saturated carbocycles. The van der Waals surface area contributed by atoms with E-state index in [1.807, 2.05) is 36.4 Å². The van der Waals surface area contributed by atoms with Crippen LogP contribution < -0.4 is 0 Å². The van der Waals surface area contributed by atoms with Crippen LogP contribution in [0, 0.1) is 0 Å². The molecule has 0 fully saturated rings. The fourth-order valence-electron chi connectivity index (χ4n) is 9.83. The molecule has 0 spiro atoms. The van der Waals surface area contributed by atoms with E-state index in [2.05, 4.69) is 200 Å². The maximum atomic E-state index is 5.43. The Balaban J connectivity index is 0.970. The maximum absolute atomic E-state index is 5.43. The van der Waals surface area contributed by atoms with Gasteiger partial charge in [0.2, 0.25) is 0 Å². The predicted octanol–water partition coefficient (Wildman–Crippen LogP) is 14.9. The zero-order chi connectivity index (χ0) is 41.7. The molecule has 0 amide bonds. The van der Waals surface area contributed by atoms with Gasteiger partial charge >= 0.3 is 0 Å². The molecule has 0 atom stereocenters. The molecule has 11 aromatic rings. The van der Waals surface area contributed by atoms with E-state index < -0.39 is 5.41 Å². The van der Waals surface area contributed by atoms with Crippen molar-refractivity contribution in [2.24, 2.45) is 0 Å². The monoisotopic (exact) mass is 801 g/mol. The van der Waals surface area contributed by atoms with E-state index in [9.17, 15) is 0 Å². The van der Waals surface area contributed by atoms with Crippen molar-refractivity contribution in [2.45, 2.75) is 5.41 Å². The van der Waals surface area contributed by atoms with Crippen LogP contribution >= 0.6 is 0 Å². The topological polar surface area (TPSA) is 38.7 Å². The molecule has 0 radical (unpaired) electrons. The Morgan fingerprint density at radius 1 is 0.286 bits per heavy atom. The molecule has 1 aliphatic carbocycles. The predicted molar refractivity (Wildman–Crippen MR) is 259 cm³/mol. The van der Waals surface area contributed by atoms with Crippen molar-refractivity contribution in [1.82, 2.24) is 15.0 Å². The van der Waals surface area contributed by atoms with Crippen LogP contribution in [0.15, 0.2) is 237 Å². The van der Waals surface area contributed by atoms with Gasteiger partial charge in [-0.2, -0.15) is 0 Å². The largest absolute Gasteiger partial charge is 0.247 e. The Morgan fingerprint density at radius 2 is 0.778 bits per heavy atom. The number of rotatable bonds is 7. The van der Waals surface area contributed by atoms with Gasteiger partial charge in [0, 0.05) is 33.0 Å². The Hall–Kier alpha value is -8.27. The van der Waals surface area contributed by atoms with Gasteiger partial charge < -0.3 is 0 Å². The van der Waals surface area contributed by atoms with Gasteiger partial charge in [0.15, 0.2) is 5.82 Å². The first-order valence-corrected chi connectivity index (χ1v) is 21.5. The molecule has 0 bridgehead atoms. The van der Waals surface area contributed by atoms with Gasteiger partial charge in [-0.15, -0.1) is 0 Å². The van der Waals surface area contributed by atoms with E-state index in [4.69, 9.17) is 15.0 Å². The Bertz CT molecular complexity index is 3360. The van der Waals surface area contributed by atoms with Crippen LogP contribution in [0.1, 0.15) is 22.3 Å². The van der Waals surface area contributed by atoms with E-state index in [0.717, 1.165) is 66.8 Å². The third-order valence-electron chi connectivity index (χ3n) is 12.8. The molecule has 12 rings (SSSR count). The number of aromatic nitrogens is 3. The lowest BCUT2D eigenvalue weighted by Crippen LogP contribution is -2.28. The minimum Gasteiger partial charge on any atom is -0.247 e. The lowest BCUT2D eigenvalue weighted by Gasteiger charge is -2.34. The van der Waals surface area contributed by atoms with Crippen LogP contribution in [-0.4, -0.2) is 15.0 Å². The molecule has 294 valence electrons. The molecule has 9 aromatic carbocycles. The molecular formula is C60H39N3. The third kappa shape index (κ3) is 6.08. The summed E-state index contributed by atoms with van der Waals surface area (Å²) in [5, 5.41) is 3.50. The number of benzene rings is 9. The number of para-hydroxylation sites is 1. The Kier molecular flexibility index (Phi) is 8.72. The average molecular weight is 802 g/mol.